The average Bonchev–Trinajstić information content (AvgIpc) is 3.37. The van der Waals surface area contributed by atoms with Crippen molar-refractivity contribution in [2.45, 2.75) is 89.1 Å². The number of ether oxygens (including phenoxy) is 3. The lowest BCUT2D eigenvalue weighted by Crippen LogP contribution is -2.62. The maximum atomic E-state index is 15.1. The van der Waals surface area contributed by atoms with Gasteiger partial charge in [0.05, 0.1) is 5.56 Å². The maximum absolute atomic E-state index is 15.1. The molecular formula is C45H44O12. The first-order chi connectivity index (χ1) is 26.9. The van der Waals surface area contributed by atoms with Crippen molar-refractivity contribution in [1.82, 2.24) is 0 Å². The van der Waals surface area contributed by atoms with Crippen LogP contribution in [0.5, 0.6) is 51.7 Å². The van der Waals surface area contributed by atoms with Crippen molar-refractivity contribution in [3.8, 4) is 51.7 Å². The minimum Gasteiger partial charge on any atom is -0.508 e. The Bertz CT molecular complexity index is 2460. The van der Waals surface area contributed by atoms with Crippen molar-refractivity contribution in [2.75, 3.05) is 0 Å². The summed E-state index contributed by atoms with van der Waals surface area (Å²) >= 11 is 0. The first-order valence-electron chi connectivity index (χ1n) is 18.8. The van der Waals surface area contributed by atoms with Crippen molar-refractivity contribution < 1.29 is 59.5 Å². The van der Waals surface area contributed by atoms with E-state index in [1.54, 1.807) is 25.1 Å². The Kier molecular flexibility index (Phi) is 8.58. The van der Waals surface area contributed by atoms with E-state index in [0.29, 0.717) is 35.3 Å². The van der Waals surface area contributed by atoms with Gasteiger partial charge in [-0.2, -0.15) is 0 Å². The van der Waals surface area contributed by atoms with E-state index in [9.17, 15) is 40.5 Å². The van der Waals surface area contributed by atoms with Crippen LogP contribution in [0, 0.1) is 5.92 Å². The van der Waals surface area contributed by atoms with Crippen LogP contribution in [0.3, 0.4) is 0 Å². The quantitative estimate of drug-likeness (QED) is 0.0746. The predicted molar refractivity (Wildman–Crippen MR) is 207 cm³/mol. The molecule has 0 bridgehead atoms. The van der Waals surface area contributed by atoms with E-state index in [0.717, 1.165) is 17.7 Å². The highest BCUT2D eigenvalue weighted by Crippen LogP contribution is 2.61. The number of aromatic hydroxyl groups is 6. The van der Waals surface area contributed by atoms with Gasteiger partial charge in [-0.25, -0.2) is 0 Å². The molecule has 0 radical (unpaired) electrons. The van der Waals surface area contributed by atoms with E-state index < -0.39 is 63.4 Å². The first-order valence-corrected chi connectivity index (χ1v) is 18.8. The number of allylic oxidation sites excluding steroid dienone is 3. The molecule has 3 aliphatic heterocycles. The average molecular weight is 777 g/mol. The normalized spacial score (nSPS) is 25.3. The number of carbonyl (C=O) groups is 2. The molecule has 0 aromatic heterocycles. The Morgan fingerprint density at radius 3 is 2.28 bits per heavy atom. The number of fused-ring (bicyclic) bond motifs is 5. The molecule has 3 heterocycles. The van der Waals surface area contributed by atoms with Crippen molar-refractivity contribution in [1.29, 1.82) is 0 Å². The molecule has 0 fully saturated rings. The molecule has 8 rings (SSSR count). The third-order valence-electron chi connectivity index (χ3n) is 11.8. The standard InChI is InChI=1S/C45H44O12/c1-21(2)12-15-44-30-10-7-24(47)19-34(30)57-45(44,54)42(53)38-35(56-44)20-32(49)37(41(38)52)29-17-22(3)16-28(25-8-6-23(46)18-31(25)48)36(29)40(51)27-9-11-33-26(39(27)50)13-14-43(4,5)55-33/h6-12,17-20,28-29,36,46-50,52,54H,13-16H2,1-5H3/t28-,29+,36-,44?,45?/m1/s1. The molecule has 12 nitrogen and oxygen atoms in total. The van der Waals surface area contributed by atoms with E-state index in [1.807, 2.05) is 27.7 Å². The molecule has 296 valence electrons. The highest BCUT2D eigenvalue weighted by atomic mass is 16.7. The Labute approximate surface area is 328 Å². The van der Waals surface area contributed by atoms with Crippen LogP contribution in [0.25, 0.3) is 0 Å². The Morgan fingerprint density at radius 2 is 1.56 bits per heavy atom. The summed E-state index contributed by atoms with van der Waals surface area (Å²) in [5.74, 6) is -9.73. The monoisotopic (exact) mass is 776 g/mol. The zero-order chi connectivity index (χ0) is 40.9. The topological polar surface area (TPSA) is 203 Å². The molecule has 1 aliphatic carbocycles. The number of phenols is 6. The lowest BCUT2D eigenvalue weighted by atomic mass is 9.64. The molecule has 5 atom stereocenters. The minimum absolute atomic E-state index is 0.0170. The zero-order valence-electron chi connectivity index (χ0n) is 32.1. The van der Waals surface area contributed by atoms with Crippen LogP contribution < -0.4 is 14.2 Å². The number of Topliss-reactive ketones (excluding diaryl/α,β-unsaturated/α-hetero) is 2. The van der Waals surface area contributed by atoms with Crippen molar-refractivity contribution in [2.24, 2.45) is 5.92 Å². The van der Waals surface area contributed by atoms with Gasteiger partial charge in [0, 0.05) is 59.1 Å². The van der Waals surface area contributed by atoms with Gasteiger partial charge in [-0.3, -0.25) is 9.59 Å². The molecular weight excluding hydrogens is 732 g/mol. The Balaban J connectivity index is 1.31. The van der Waals surface area contributed by atoms with Crippen LogP contribution in [0.15, 0.2) is 77.9 Å². The molecule has 7 N–H and O–H groups in total. The van der Waals surface area contributed by atoms with Gasteiger partial charge in [-0.05, 0) is 89.8 Å². The number of hydrogen-bond donors (Lipinski definition) is 7. The lowest BCUT2D eigenvalue weighted by Gasteiger charge is -2.43. The van der Waals surface area contributed by atoms with Crippen molar-refractivity contribution >= 4 is 11.6 Å². The first kappa shape index (κ1) is 37.8. The number of phenolic OH excluding ortho intramolecular Hbond substituents is 6. The molecule has 12 heteroatoms. The van der Waals surface area contributed by atoms with Gasteiger partial charge >= 0.3 is 5.79 Å². The number of hydrogen-bond acceptors (Lipinski definition) is 12. The number of rotatable bonds is 6. The number of aliphatic hydroxyl groups is 1. The van der Waals surface area contributed by atoms with E-state index >= 15 is 4.79 Å². The third-order valence-corrected chi connectivity index (χ3v) is 11.8. The fourth-order valence-electron chi connectivity index (χ4n) is 9.05. The van der Waals surface area contributed by atoms with Gasteiger partial charge in [0.15, 0.2) is 5.78 Å². The molecule has 0 saturated carbocycles. The zero-order valence-corrected chi connectivity index (χ0v) is 32.1. The molecule has 4 aliphatic rings. The van der Waals surface area contributed by atoms with Crippen LogP contribution in [-0.2, 0) is 12.0 Å². The Hall–Kier alpha value is -6.14. The van der Waals surface area contributed by atoms with Crippen LogP contribution in [0.2, 0.25) is 0 Å². The SMILES string of the molecule is CC(C)=CCC12Oc3cc(O)c([C@H]4C=C(C)C[C@H](c5ccc(O)cc5O)[C@H]4C(=O)c4ccc5c(c4O)CCC(C)(C)O5)c(O)c3C(=O)C1(O)Oc1cc(O)ccc12. The fraction of sp³-hybridized carbons (Fsp3) is 0.333. The second-order valence-corrected chi connectivity index (χ2v) is 16.5. The molecule has 0 saturated heterocycles. The number of ketones is 2. The number of benzene rings is 4. The summed E-state index contributed by atoms with van der Waals surface area (Å²) in [6.45, 7) is 9.30. The summed E-state index contributed by atoms with van der Waals surface area (Å²) in [6.07, 6.45) is 4.61. The molecule has 0 amide bonds. The van der Waals surface area contributed by atoms with Gasteiger partial charge in [0.2, 0.25) is 11.4 Å². The van der Waals surface area contributed by atoms with E-state index in [4.69, 9.17) is 14.2 Å². The summed E-state index contributed by atoms with van der Waals surface area (Å²) < 4.78 is 18.5. The highest BCUT2D eigenvalue weighted by molar-refractivity contribution is 6.09. The van der Waals surface area contributed by atoms with Crippen molar-refractivity contribution in [3.63, 3.8) is 0 Å². The van der Waals surface area contributed by atoms with E-state index in [-0.39, 0.29) is 64.0 Å². The maximum Gasteiger partial charge on any atom is 0.318 e. The van der Waals surface area contributed by atoms with Crippen molar-refractivity contribution in [3.05, 3.63) is 111 Å². The summed E-state index contributed by atoms with van der Waals surface area (Å²) in [5, 5.41) is 79.7. The Morgan fingerprint density at radius 1 is 0.842 bits per heavy atom. The lowest BCUT2D eigenvalue weighted by molar-refractivity contribution is -0.201. The third kappa shape index (κ3) is 5.76. The van der Waals surface area contributed by atoms with E-state index in [2.05, 4.69) is 0 Å². The second-order valence-electron chi connectivity index (χ2n) is 16.5. The molecule has 0 spiro atoms. The van der Waals surface area contributed by atoms with E-state index in [1.165, 1.54) is 36.4 Å². The largest absolute Gasteiger partial charge is 0.508 e. The molecule has 4 aromatic rings. The van der Waals surface area contributed by atoms with Gasteiger partial charge < -0.3 is 50.0 Å². The summed E-state index contributed by atoms with van der Waals surface area (Å²) in [4.78, 5) is 29.8. The fourth-order valence-corrected chi connectivity index (χ4v) is 9.05. The van der Waals surface area contributed by atoms with Crippen LogP contribution in [0.4, 0.5) is 0 Å². The summed E-state index contributed by atoms with van der Waals surface area (Å²) in [6, 6.07) is 12.4. The predicted octanol–water partition coefficient (Wildman–Crippen LogP) is 7.65. The molecule has 2 unspecified atom stereocenters. The second kappa shape index (κ2) is 13.0. The summed E-state index contributed by atoms with van der Waals surface area (Å²) in [7, 11) is 0. The summed E-state index contributed by atoms with van der Waals surface area (Å²) in [5.41, 5.74) is -0.594. The van der Waals surface area contributed by atoms with Gasteiger partial charge in [0.25, 0.3) is 0 Å². The minimum atomic E-state index is -2.74. The van der Waals surface area contributed by atoms with Gasteiger partial charge in [-0.1, -0.05) is 29.4 Å². The molecule has 57 heavy (non-hydrogen) atoms. The molecule has 4 aromatic carbocycles. The van der Waals surface area contributed by atoms with Crippen LogP contribution in [-0.4, -0.2) is 58.7 Å². The smallest absolute Gasteiger partial charge is 0.318 e. The van der Waals surface area contributed by atoms with Gasteiger partial charge in [0.1, 0.15) is 62.9 Å². The number of carbonyl (C=O) groups excluding carboxylic acids is 2. The highest BCUT2D eigenvalue weighted by Gasteiger charge is 2.70. The van der Waals surface area contributed by atoms with Crippen LogP contribution in [0.1, 0.15) is 109 Å². The van der Waals surface area contributed by atoms with Crippen LogP contribution >= 0.6 is 0 Å². The van der Waals surface area contributed by atoms with Gasteiger partial charge in [-0.15, -0.1) is 0 Å².